The van der Waals surface area contributed by atoms with E-state index in [4.69, 9.17) is 0 Å². The van der Waals surface area contributed by atoms with Crippen LogP contribution in [0.15, 0.2) is 48.8 Å². The number of nitrogens with one attached hydrogen (secondary N) is 1. The summed E-state index contributed by atoms with van der Waals surface area (Å²) in [6, 6.07) is 3.31. The molecule has 3 aliphatic rings. The Hall–Kier alpha value is -2.12. The summed E-state index contributed by atoms with van der Waals surface area (Å²) in [5.74, 6) is 0. The van der Waals surface area contributed by atoms with Crippen LogP contribution in [0.1, 0.15) is 63.1 Å². The second-order valence-electron chi connectivity index (χ2n) is 10.5. The molecule has 1 aromatic rings. The van der Waals surface area contributed by atoms with E-state index in [1.54, 1.807) is 0 Å². The first-order valence-corrected chi connectivity index (χ1v) is 13.1. The van der Waals surface area contributed by atoms with E-state index in [0.717, 1.165) is 49.3 Å². The van der Waals surface area contributed by atoms with Gasteiger partial charge in [0.05, 0.1) is 0 Å². The molecule has 192 valence electrons. The molecule has 4 rings (SSSR count). The lowest BCUT2D eigenvalue weighted by Crippen LogP contribution is -2.47. The van der Waals surface area contributed by atoms with E-state index in [0.29, 0.717) is 5.56 Å². The lowest BCUT2D eigenvalue weighted by Gasteiger charge is -2.40. The van der Waals surface area contributed by atoms with Crippen LogP contribution in [0.5, 0.6) is 0 Å². The fourth-order valence-corrected chi connectivity index (χ4v) is 5.44. The van der Waals surface area contributed by atoms with Gasteiger partial charge in [-0.1, -0.05) is 44.2 Å². The quantitative estimate of drug-likeness (QED) is 0.462. The van der Waals surface area contributed by atoms with Gasteiger partial charge >= 0.3 is 6.18 Å². The Balaban J connectivity index is 1.17. The molecule has 0 aromatic carbocycles. The van der Waals surface area contributed by atoms with E-state index in [2.05, 4.69) is 45.8 Å². The van der Waals surface area contributed by atoms with Crippen LogP contribution in [0.3, 0.4) is 0 Å². The molecule has 0 amide bonds. The SMILES string of the molecule is C=C(NCCCN1CCC(N2CCCCC2)CC1)C1(C)C=CC(c2ccc(C(F)(F)F)nc2)=CC1. The Labute approximate surface area is 208 Å². The zero-order valence-corrected chi connectivity index (χ0v) is 20.9. The molecule has 0 radical (unpaired) electrons. The number of nitrogens with zero attached hydrogens (tertiary/aromatic N) is 3. The van der Waals surface area contributed by atoms with Gasteiger partial charge in [-0.15, -0.1) is 0 Å². The molecular formula is C28H39F3N4. The summed E-state index contributed by atoms with van der Waals surface area (Å²) in [7, 11) is 0. The summed E-state index contributed by atoms with van der Waals surface area (Å²) in [6.07, 6.45) is 11.6. The van der Waals surface area contributed by atoms with E-state index in [9.17, 15) is 13.2 Å². The van der Waals surface area contributed by atoms with Gasteiger partial charge in [-0.25, -0.2) is 0 Å². The molecule has 1 N–H and O–H groups in total. The average Bonchev–Trinajstić information content (AvgIpc) is 2.87. The average molecular weight is 489 g/mol. The molecule has 2 saturated heterocycles. The standard InChI is InChI=1S/C28H39F3N4/c1-22(32-15-6-16-34-19-11-25(12-20-34)35-17-4-3-5-18-35)27(2)13-9-23(10-14-27)24-7-8-26(33-21-24)28(29,30)31/h7-10,13,21,25,32H,1,3-6,11-12,14-20H2,2H3. The van der Waals surface area contributed by atoms with Crippen molar-refractivity contribution in [3.8, 4) is 0 Å². The Bertz CT molecular complexity index is 907. The number of hydrogen-bond acceptors (Lipinski definition) is 4. The minimum Gasteiger partial charge on any atom is -0.388 e. The number of pyridine rings is 1. The van der Waals surface area contributed by atoms with Crippen molar-refractivity contribution >= 4 is 5.57 Å². The number of rotatable bonds is 8. The second-order valence-corrected chi connectivity index (χ2v) is 10.5. The van der Waals surface area contributed by atoms with Gasteiger partial charge < -0.3 is 15.1 Å². The monoisotopic (exact) mass is 488 g/mol. The van der Waals surface area contributed by atoms with Crippen molar-refractivity contribution in [2.24, 2.45) is 5.41 Å². The highest BCUT2D eigenvalue weighted by Gasteiger charge is 2.32. The molecule has 1 unspecified atom stereocenters. The molecule has 2 aliphatic heterocycles. The van der Waals surface area contributed by atoms with Crippen LogP contribution >= 0.6 is 0 Å². The van der Waals surface area contributed by atoms with Crippen molar-refractivity contribution < 1.29 is 13.2 Å². The lowest BCUT2D eigenvalue weighted by atomic mass is 9.78. The Morgan fingerprint density at radius 1 is 1.14 bits per heavy atom. The topological polar surface area (TPSA) is 31.4 Å². The third-order valence-electron chi connectivity index (χ3n) is 7.91. The van der Waals surface area contributed by atoms with Crippen molar-refractivity contribution in [2.45, 2.75) is 64.1 Å². The maximum atomic E-state index is 12.8. The van der Waals surface area contributed by atoms with E-state index >= 15 is 0 Å². The number of halogens is 3. The first-order chi connectivity index (χ1) is 16.7. The van der Waals surface area contributed by atoms with Crippen molar-refractivity contribution in [1.82, 2.24) is 20.1 Å². The van der Waals surface area contributed by atoms with Crippen molar-refractivity contribution in [1.29, 1.82) is 0 Å². The van der Waals surface area contributed by atoms with E-state index in [-0.39, 0.29) is 5.41 Å². The summed E-state index contributed by atoms with van der Waals surface area (Å²) in [5, 5.41) is 3.52. The first-order valence-electron chi connectivity index (χ1n) is 13.1. The molecule has 2 fully saturated rings. The largest absolute Gasteiger partial charge is 0.433 e. The summed E-state index contributed by atoms with van der Waals surface area (Å²) in [5.41, 5.74) is 1.49. The smallest absolute Gasteiger partial charge is 0.388 e. The minimum absolute atomic E-state index is 0.213. The van der Waals surface area contributed by atoms with Crippen molar-refractivity contribution in [2.75, 3.05) is 39.3 Å². The summed E-state index contributed by atoms with van der Waals surface area (Å²) < 4.78 is 38.3. The summed E-state index contributed by atoms with van der Waals surface area (Å²) in [4.78, 5) is 8.90. The molecule has 7 heteroatoms. The fraction of sp³-hybridized carbons (Fsp3) is 0.607. The van der Waals surface area contributed by atoms with Gasteiger partial charge in [-0.3, -0.25) is 4.98 Å². The third kappa shape index (κ3) is 6.76. The molecule has 0 saturated carbocycles. The maximum absolute atomic E-state index is 12.8. The van der Waals surface area contributed by atoms with Crippen LogP contribution in [0.25, 0.3) is 5.57 Å². The van der Waals surface area contributed by atoms with Crippen LogP contribution in [0.4, 0.5) is 13.2 Å². The van der Waals surface area contributed by atoms with Crippen LogP contribution in [0, 0.1) is 5.41 Å². The predicted octanol–water partition coefficient (Wildman–Crippen LogP) is 5.89. The van der Waals surface area contributed by atoms with E-state index in [1.807, 2.05) is 6.08 Å². The predicted molar refractivity (Wildman–Crippen MR) is 136 cm³/mol. The third-order valence-corrected chi connectivity index (χ3v) is 7.91. The molecule has 1 aliphatic carbocycles. The zero-order valence-electron chi connectivity index (χ0n) is 20.9. The highest BCUT2D eigenvalue weighted by atomic mass is 19.4. The molecule has 0 bridgehead atoms. The van der Waals surface area contributed by atoms with E-state index in [1.165, 1.54) is 70.5 Å². The normalized spacial score (nSPS) is 24.9. The first kappa shape index (κ1) is 26.0. The van der Waals surface area contributed by atoms with Gasteiger partial charge in [0, 0.05) is 29.9 Å². The van der Waals surface area contributed by atoms with Gasteiger partial charge in [0.25, 0.3) is 0 Å². The second kappa shape index (κ2) is 11.3. The van der Waals surface area contributed by atoms with Crippen LogP contribution < -0.4 is 5.32 Å². The Morgan fingerprint density at radius 2 is 1.89 bits per heavy atom. The molecular weight excluding hydrogens is 449 g/mol. The van der Waals surface area contributed by atoms with Gasteiger partial charge in [-0.2, -0.15) is 13.2 Å². The number of hydrogen-bond donors (Lipinski definition) is 1. The summed E-state index contributed by atoms with van der Waals surface area (Å²) >= 11 is 0. The number of alkyl halides is 3. The van der Waals surface area contributed by atoms with Crippen molar-refractivity contribution in [3.05, 3.63) is 60.1 Å². The van der Waals surface area contributed by atoms with Crippen LogP contribution in [-0.2, 0) is 6.18 Å². The lowest BCUT2D eigenvalue weighted by molar-refractivity contribution is -0.141. The zero-order chi connectivity index (χ0) is 24.9. The number of allylic oxidation sites excluding steroid dienone is 4. The highest BCUT2D eigenvalue weighted by molar-refractivity contribution is 5.75. The van der Waals surface area contributed by atoms with Gasteiger partial charge in [0.1, 0.15) is 5.69 Å². The molecule has 1 atom stereocenters. The maximum Gasteiger partial charge on any atom is 0.433 e. The minimum atomic E-state index is -4.42. The highest BCUT2D eigenvalue weighted by Crippen LogP contribution is 2.37. The molecule has 35 heavy (non-hydrogen) atoms. The Kier molecular flexibility index (Phi) is 8.38. The van der Waals surface area contributed by atoms with Crippen molar-refractivity contribution in [3.63, 3.8) is 0 Å². The molecule has 4 nitrogen and oxygen atoms in total. The fourth-order valence-electron chi connectivity index (χ4n) is 5.44. The molecule has 3 heterocycles. The summed E-state index contributed by atoms with van der Waals surface area (Å²) in [6.45, 7) is 13.4. The number of aromatic nitrogens is 1. The molecule has 0 spiro atoms. The molecule has 1 aromatic heterocycles. The number of piperidine rings is 2. The number of likely N-dealkylation sites (tertiary alicyclic amines) is 2. The Morgan fingerprint density at radius 3 is 2.49 bits per heavy atom. The van der Waals surface area contributed by atoms with Crippen LogP contribution in [-0.4, -0.2) is 60.1 Å². The van der Waals surface area contributed by atoms with Gasteiger partial charge in [0.15, 0.2) is 0 Å². The van der Waals surface area contributed by atoms with Crippen LogP contribution in [0.2, 0.25) is 0 Å². The van der Waals surface area contributed by atoms with Gasteiger partial charge in [-0.05, 0) is 88.5 Å². The van der Waals surface area contributed by atoms with E-state index < -0.39 is 11.9 Å². The van der Waals surface area contributed by atoms with Gasteiger partial charge in [0.2, 0.25) is 0 Å².